The number of hydrogen-bond donors (Lipinski definition) is 0. The number of carbonyl (C=O) groups is 1. The number of esters is 1. The molecular weight excluding hydrogens is 536 g/mol. The number of thiophene rings is 1. The first-order valence-corrected chi connectivity index (χ1v) is 13.0. The van der Waals surface area contributed by atoms with Gasteiger partial charge in [-0.15, -0.1) is 11.3 Å². The standard InChI is InChI=1S/C25H19BrN2O4S2/c1-3-31-24(30)21-14(2)27-25-28(22(21)19-8-5-11-33-19)23(29)20(34-25)13-17-9-10-18(32-17)15-6-4-7-16(26)12-15/h4-13,22H,3H2,1-2H3/b20-13-/t22-/m1/s1. The molecule has 0 bridgehead atoms. The Bertz CT molecular complexity index is 1590. The predicted octanol–water partition coefficient (Wildman–Crippen LogP) is 4.88. The molecule has 0 radical (unpaired) electrons. The Labute approximate surface area is 211 Å². The first kappa shape index (κ1) is 22.8. The van der Waals surface area contributed by atoms with Crippen LogP contribution in [0.15, 0.2) is 83.9 Å². The Balaban J connectivity index is 1.62. The van der Waals surface area contributed by atoms with Crippen molar-refractivity contribution >= 4 is 50.6 Å². The first-order valence-electron chi connectivity index (χ1n) is 10.5. The van der Waals surface area contributed by atoms with Crippen LogP contribution in [0, 0.1) is 0 Å². The third-order valence-corrected chi connectivity index (χ3v) is 7.74. The van der Waals surface area contributed by atoms with Gasteiger partial charge in [-0.3, -0.25) is 9.36 Å². The van der Waals surface area contributed by atoms with Crippen molar-refractivity contribution in [1.82, 2.24) is 4.57 Å². The molecule has 172 valence electrons. The summed E-state index contributed by atoms with van der Waals surface area (Å²) in [6.07, 6.45) is 1.72. The molecule has 1 atom stereocenters. The van der Waals surface area contributed by atoms with Crippen molar-refractivity contribution in [3.05, 3.63) is 100.0 Å². The number of hydrogen-bond acceptors (Lipinski definition) is 7. The van der Waals surface area contributed by atoms with E-state index in [1.807, 2.05) is 53.9 Å². The van der Waals surface area contributed by atoms with Crippen LogP contribution >= 0.6 is 38.6 Å². The predicted molar refractivity (Wildman–Crippen MR) is 137 cm³/mol. The van der Waals surface area contributed by atoms with E-state index in [4.69, 9.17) is 9.15 Å². The summed E-state index contributed by atoms with van der Waals surface area (Å²) in [6, 6.07) is 14.8. The lowest BCUT2D eigenvalue weighted by Gasteiger charge is -2.23. The summed E-state index contributed by atoms with van der Waals surface area (Å²) in [6.45, 7) is 3.78. The van der Waals surface area contributed by atoms with Crippen molar-refractivity contribution in [2.45, 2.75) is 19.9 Å². The molecule has 1 aliphatic rings. The summed E-state index contributed by atoms with van der Waals surface area (Å²) in [5.74, 6) is 0.813. The van der Waals surface area contributed by atoms with E-state index >= 15 is 0 Å². The number of rotatable bonds is 5. The van der Waals surface area contributed by atoms with E-state index in [0.29, 0.717) is 32.1 Å². The lowest BCUT2D eigenvalue weighted by atomic mass is 10.0. The Morgan fingerprint density at radius 2 is 2.12 bits per heavy atom. The van der Waals surface area contributed by atoms with Gasteiger partial charge in [0.05, 0.1) is 22.4 Å². The van der Waals surface area contributed by atoms with E-state index in [1.165, 1.54) is 22.7 Å². The molecule has 0 fully saturated rings. The average molecular weight is 555 g/mol. The van der Waals surface area contributed by atoms with E-state index in [-0.39, 0.29) is 12.2 Å². The third kappa shape index (κ3) is 4.15. The first-order chi connectivity index (χ1) is 16.5. The minimum absolute atomic E-state index is 0.225. The Kier molecular flexibility index (Phi) is 6.24. The molecule has 0 aliphatic carbocycles. The molecule has 0 saturated heterocycles. The molecule has 9 heteroatoms. The summed E-state index contributed by atoms with van der Waals surface area (Å²) in [7, 11) is 0. The zero-order chi connectivity index (χ0) is 23.8. The van der Waals surface area contributed by atoms with Crippen LogP contribution in [-0.2, 0) is 9.53 Å². The van der Waals surface area contributed by atoms with Gasteiger partial charge in [0, 0.05) is 21.0 Å². The fourth-order valence-corrected chi connectivity index (χ4v) is 6.11. The van der Waals surface area contributed by atoms with Crippen molar-refractivity contribution in [1.29, 1.82) is 0 Å². The largest absolute Gasteiger partial charge is 0.463 e. The van der Waals surface area contributed by atoms with E-state index in [2.05, 4.69) is 20.9 Å². The van der Waals surface area contributed by atoms with Crippen LogP contribution in [0.5, 0.6) is 0 Å². The monoisotopic (exact) mass is 554 g/mol. The fraction of sp³-hybridized carbons (Fsp3) is 0.160. The van der Waals surface area contributed by atoms with Gasteiger partial charge < -0.3 is 9.15 Å². The summed E-state index contributed by atoms with van der Waals surface area (Å²) in [4.78, 5) is 32.4. The molecule has 4 heterocycles. The number of halogens is 1. The zero-order valence-electron chi connectivity index (χ0n) is 18.3. The van der Waals surface area contributed by atoms with Gasteiger partial charge in [0.1, 0.15) is 17.6 Å². The quantitative estimate of drug-likeness (QED) is 0.329. The van der Waals surface area contributed by atoms with Gasteiger partial charge in [0.25, 0.3) is 5.56 Å². The van der Waals surface area contributed by atoms with Crippen LogP contribution < -0.4 is 14.9 Å². The number of carbonyl (C=O) groups excluding carboxylic acids is 1. The Hall–Kier alpha value is -3.01. The van der Waals surface area contributed by atoms with Gasteiger partial charge in [-0.2, -0.15) is 0 Å². The normalized spacial score (nSPS) is 15.9. The van der Waals surface area contributed by atoms with E-state index in [0.717, 1.165) is 14.9 Å². The van der Waals surface area contributed by atoms with Crippen molar-refractivity contribution in [3.8, 4) is 11.3 Å². The lowest BCUT2D eigenvalue weighted by molar-refractivity contribution is -0.139. The lowest BCUT2D eigenvalue weighted by Crippen LogP contribution is -2.39. The average Bonchev–Trinajstić information content (AvgIpc) is 3.55. The molecule has 0 amide bonds. The third-order valence-electron chi connectivity index (χ3n) is 5.34. The van der Waals surface area contributed by atoms with E-state index in [9.17, 15) is 9.59 Å². The van der Waals surface area contributed by atoms with Crippen LogP contribution in [0.1, 0.15) is 30.5 Å². The van der Waals surface area contributed by atoms with Gasteiger partial charge in [-0.25, -0.2) is 9.79 Å². The highest BCUT2D eigenvalue weighted by molar-refractivity contribution is 9.10. The SMILES string of the molecule is CCOC(=O)C1=C(C)N=c2s/c(=C\c3ccc(-c4cccc(Br)c4)o3)c(=O)n2[C@@H]1c1cccs1. The number of fused-ring (bicyclic) bond motifs is 1. The molecule has 34 heavy (non-hydrogen) atoms. The summed E-state index contributed by atoms with van der Waals surface area (Å²) in [5.41, 5.74) is 1.65. The second-order valence-electron chi connectivity index (χ2n) is 7.53. The molecule has 6 nitrogen and oxygen atoms in total. The molecule has 3 aromatic heterocycles. The van der Waals surface area contributed by atoms with Crippen LogP contribution in [0.4, 0.5) is 0 Å². The highest BCUT2D eigenvalue weighted by Gasteiger charge is 2.33. The van der Waals surface area contributed by atoms with Crippen molar-refractivity contribution in [3.63, 3.8) is 0 Å². The van der Waals surface area contributed by atoms with Crippen LogP contribution in [0.3, 0.4) is 0 Å². The molecule has 4 aromatic rings. The van der Waals surface area contributed by atoms with Crippen molar-refractivity contribution in [2.75, 3.05) is 6.61 Å². The summed E-state index contributed by atoms with van der Waals surface area (Å²) < 4.78 is 14.3. The topological polar surface area (TPSA) is 73.8 Å². The Morgan fingerprint density at radius 3 is 2.85 bits per heavy atom. The van der Waals surface area contributed by atoms with Crippen LogP contribution in [0.2, 0.25) is 0 Å². The van der Waals surface area contributed by atoms with E-state index in [1.54, 1.807) is 24.5 Å². The number of ether oxygens (including phenoxy) is 1. The summed E-state index contributed by atoms with van der Waals surface area (Å²) >= 11 is 6.24. The maximum atomic E-state index is 13.5. The number of benzene rings is 1. The molecule has 0 saturated carbocycles. The second-order valence-corrected chi connectivity index (χ2v) is 10.4. The van der Waals surface area contributed by atoms with Gasteiger partial charge in [-0.05, 0) is 49.6 Å². The molecule has 1 aliphatic heterocycles. The Morgan fingerprint density at radius 1 is 1.26 bits per heavy atom. The number of aromatic nitrogens is 1. The fourth-order valence-electron chi connectivity index (χ4n) is 3.86. The molecule has 0 N–H and O–H groups in total. The smallest absolute Gasteiger partial charge is 0.338 e. The molecular formula is C25H19BrN2O4S2. The number of thiazole rings is 1. The maximum absolute atomic E-state index is 13.5. The number of nitrogens with zero attached hydrogens (tertiary/aromatic N) is 2. The maximum Gasteiger partial charge on any atom is 0.338 e. The molecule has 0 spiro atoms. The molecule has 5 rings (SSSR count). The highest BCUT2D eigenvalue weighted by atomic mass is 79.9. The van der Waals surface area contributed by atoms with Gasteiger partial charge in [0.2, 0.25) is 0 Å². The molecule has 1 aromatic carbocycles. The summed E-state index contributed by atoms with van der Waals surface area (Å²) in [5, 5.41) is 1.93. The van der Waals surface area contributed by atoms with Gasteiger partial charge >= 0.3 is 5.97 Å². The second kappa shape index (κ2) is 9.32. The van der Waals surface area contributed by atoms with Gasteiger partial charge in [-0.1, -0.05) is 45.5 Å². The zero-order valence-corrected chi connectivity index (χ0v) is 21.5. The van der Waals surface area contributed by atoms with Crippen molar-refractivity contribution < 1.29 is 13.9 Å². The highest BCUT2D eigenvalue weighted by Crippen LogP contribution is 2.33. The van der Waals surface area contributed by atoms with E-state index < -0.39 is 12.0 Å². The van der Waals surface area contributed by atoms with Crippen LogP contribution in [-0.4, -0.2) is 17.1 Å². The number of furan rings is 1. The molecule has 0 unspecified atom stereocenters. The van der Waals surface area contributed by atoms with Crippen molar-refractivity contribution in [2.24, 2.45) is 4.99 Å². The number of allylic oxidation sites excluding steroid dienone is 1. The van der Waals surface area contributed by atoms with Crippen LogP contribution in [0.25, 0.3) is 17.4 Å². The van der Waals surface area contributed by atoms with Gasteiger partial charge in [0.15, 0.2) is 4.80 Å². The minimum atomic E-state index is -0.578. The minimum Gasteiger partial charge on any atom is -0.463 e.